The molecule has 1 nitrogen and oxygen atoms in total. The average Bonchev–Trinajstić information content (AvgIpc) is 2.58. The van der Waals surface area contributed by atoms with Gasteiger partial charge in [0, 0.05) is 0 Å². The summed E-state index contributed by atoms with van der Waals surface area (Å²) >= 11 is 0. The molecule has 1 heterocycles. The van der Waals surface area contributed by atoms with Gasteiger partial charge >= 0.3 is 0 Å². The van der Waals surface area contributed by atoms with E-state index in [4.69, 9.17) is 0 Å². The first kappa shape index (κ1) is 11.4. The van der Waals surface area contributed by atoms with Crippen molar-refractivity contribution in [2.24, 2.45) is 11.8 Å². The monoisotopic (exact) mass is 213 g/mol. The summed E-state index contributed by atoms with van der Waals surface area (Å²) in [6.07, 6.45) is 8.94. The fourth-order valence-corrected chi connectivity index (χ4v) is 3.10. The van der Waals surface area contributed by atoms with Gasteiger partial charge < -0.3 is 5.32 Å². The molecule has 2 heteroatoms. The van der Waals surface area contributed by atoms with Crippen LogP contribution in [0.2, 0.25) is 0 Å². The van der Waals surface area contributed by atoms with Crippen LogP contribution in [0.4, 0.5) is 4.39 Å². The Labute approximate surface area is 92.8 Å². The highest BCUT2D eigenvalue weighted by atomic mass is 19.1. The Morgan fingerprint density at radius 2 is 1.80 bits per heavy atom. The highest BCUT2D eigenvalue weighted by Gasteiger charge is 2.26. The number of hydrogen-bond donors (Lipinski definition) is 1. The molecule has 2 atom stereocenters. The third kappa shape index (κ3) is 3.44. The van der Waals surface area contributed by atoms with Gasteiger partial charge in [-0.2, -0.15) is 0 Å². The predicted molar refractivity (Wildman–Crippen MR) is 61.7 cm³/mol. The van der Waals surface area contributed by atoms with E-state index in [9.17, 15) is 4.39 Å². The molecule has 1 saturated carbocycles. The van der Waals surface area contributed by atoms with Gasteiger partial charge in [-0.25, -0.2) is 4.39 Å². The van der Waals surface area contributed by atoms with Crippen molar-refractivity contribution in [1.29, 1.82) is 0 Å². The van der Waals surface area contributed by atoms with E-state index in [1.807, 2.05) is 0 Å². The van der Waals surface area contributed by atoms with Gasteiger partial charge in [0.15, 0.2) is 0 Å². The maximum Gasteiger partial charge on any atom is 0.103 e. The van der Waals surface area contributed by atoms with Crippen LogP contribution in [0, 0.1) is 11.8 Å². The van der Waals surface area contributed by atoms with Gasteiger partial charge in [-0.05, 0) is 50.6 Å². The van der Waals surface area contributed by atoms with Gasteiger partial charge in [-0.1, -0.05) is 25.7 Å². The van der Waals surface area contributed by atoms with Crippen LogP contribution in [0.5, 0.6) is 0 Å². The van der Waals surface area contributed by atoms with Crippen molar-refractivity contribution in [2.45, 2.75) is 57.5 Å². The molecule has 0 bridgehead atoms. The van der Waals surface area contributed by atoms with Crippen LogP contribution in [0.3, 0.4) is 0 Å². The average molecular weight is 213 g/mol. The Morgan fingerprint density at radius 3 is 2.40 bits per heavy atom. The topological polar surface area (TPSA) is 12.0 Å². The number of halogens is 1. The summed E-state index contributed by atoms with van der Waals surface area (Å²) in [5.41, 5.74) is 0. The van der Waals surface area contributed by atoms with Crippen molar-refractivity contribution in [2.75, 3.05) is 13.1 Å². The van der Waals surface area contributed by atoms with Crippen molar-refractivity contribution >= 4 is 0 Å². The number of alkyl halides is 1. The minimum atomic E-state index is -0.520. The second-order valence-electron chi connectivity index (χ2n) is 5.36. The zero-order valence-corrected chi connectivity index (χ0v) is 9.68. The standard InChI is InChI=1S/C13H24FN/c14-13(9-11-7-8-15-10-11)12-5-3-1-2-4-6-12/h11-13,15H,1-10H2. The first-order valence-electron chi connectivity index (χ1n) is 6.71. The molecule has 2 fully saturated rings. The Morgan fingerprint density at radius 1 is 1.07 bits per heavy atom. The normalized spacial score (nSPS) is 31.4. The lowest BCUT2D eigenvalue weighted by atomic mass is 9.88. The minimum Gasteiger partial charge on any atom is -0.316 e. The van der Waals surface area contributed by atoms with Gasteiger partial charge in [0.2, 0.25) is 0 Å². The highest BCUT2D eigenvalue weighted by molar-refractivity contribution is 4.79. The fourth-order valence-electron chi connectivity index (χ4n) is 3.10. The SMILES string of the molecule is FC(CC1CCNC1)C1CCCCCC1. The molecule has 0 radical (unpaired) electrons. The molecule has 0 aromatic carbocycles. The number of nitrogens with one attached hydrogen (secondary N) is 1. The van der Waals surface area contributed by atoms with Crippen LogP contribution >= 0.6 is 0 Å². The van der Waals surface area contributed by atoms with Crippen molar-refractivity contribution in [1.82, 2.24) is 5.32 Å². The summed E-state index contributed by atoms with van der Waals surface area (Å²) in [4.78, 5) is 0. The Bertz CT molecular complexity index is 169. The zero-order valence-electron chi connectivity index (χ0n) is 9.68. The van der Waals surface area contributed by atoms with Crippen LogP contribution in [0.25, 0.3) is 0 Å². The van der Waals surface area contributed by atoms with E-state index in [-0.39, 0.29) is 0 Å². The molecule has 2 rings (SSSR count). The van der Waals surface area contributed by atoms with Gasteiger partial charge in [-0.3, -0.25) is 0 Å². The second kappa shape index (κ2) is 5.83. The van der Waals surface area contributed by atoms with E-state index in [1.165, 1.54) is 32.1 Å². The van der Waals surface area contributed by atoms with E-state index in [1.54, 1.807) is 0 Å². The molecule has 0 amide bonds. The summed E-state index contributed by atoms with van der Waals surface area (Å²) in [6, 6.07) is 0. The lowest BCUT2D eigenvalue weighted by molar-refractivity contribution is 0.174. The molecule has 1 N–H and O–H groups in total. The maximum absolute atomic E-state index is 14.1. The van der Waals surface area contributed by atoms with Crippen LogP contribution in [-0.4, -0.2) is 19.3 Å². The molecular formula is C13H24FN. The van der Waals surface area contributed by atoms with E-state index in [0.717, 1.165) is 32.4 Å². The molecular weight excluding hydrogens is 189 g/mol. The molecule has 0 spiro atoms. The molecule has 0 aromatic rings. The van der Waals surface area contributed by atoms with Crippen molar-refractivity contribution in [3.05, 3.63) is 0 Å². The van der Waals surface area contributed by atoms with Crippen LogP contribution in [0.1, 0.15) is 51.4 Å². The Balaban J connectivity index is 1.74. The minimum absolute atomic E-state index is 0.382. The summed E-state index contributed by atoms with van der Waals surface area (Å²) in [7, 11) is 0. The fraction of sp³-hybridized carbons (Fsp3) is 1.00. The summed E-state index contributed by atoms with van der Waals surface area (Å²) in [6.45, 7) is 2.15. The second-order valence-corrected chi connectivity index (χ2v) is 5.36. The third-order valence-electron chi connectivity index (χ3n) is 4.13. The van der Waals surface area contributed by atoms with Crippen LogP contribution in [-0.2, 0) is 0 Å². The lowest BCUT2D eigenvalue weighted by Crippen LogP contribution is -2.20. The largest absolute Gasteiger partial charge is 0.316 e. The quantitative estimate of drug-likeness (QED) is 0.709. The van der Waals surface area contributed by atoms with E-state index in [0.29, 0.717) is 11.8 Å². The maximum atomic E-state index is 14.1. The Hall–Kier alpha value is -0.110. The molecule has 2 unspecified atom stereocenters. The van der Waals surface area contributed by atoms with Gasteiger partial charge in [0.1, 0.15) is 6.17 Å². The van der Waals surface area contributed by atoms with Crippen LogP contribution < -0.4 is 5.32 Å². The van der Waals surface area contributed by atoms with Gasteiger partial charge in [-0.15, -0.1) is 0 Å². The van der Waals surface area contributed by atoms with E-state index >= 15 is 0 Å². The molecule has 2 aliphatic rings. The number of rotatable bonds is 3. The van der Waals surface area contributed by atoms with Gasteiger partial charge in [0.25, 0.3) is 0 Å². The third-order valence-corrected chi connectivity index (χ3v) is 4.13. The van der Waals surface area contributed by atoms with E-state index in [2.05, 4.69) is 5.32 Å². The summed E-state index contributed by atoms with van der Waals surface area (Å²) < 4.78 is 14.1. The van der Waals surface area contributed by atoms with Crippen LogP contribution in [0.15, 0.2) is 0 Å². The zero-order chi connectivity index (χ0) is 10.5. The lowest BCUT2D eigenvalue weighted by Gasteiger charge is -2.21. The molecule has 0 aromatic heterocycles. The first-order chi connectivity index (χ1) is 7.36. The molecule has 1 aliphatic carbocycles. The van der Waals surface area contributed by atoms with Gasteiger partial charge in [0.05, 0.1) is 0 Å². The number of hydrogen-bond acceptors (Lipinski definition) is 1. The van der Waals surface area contributed by atoms with Crippen molar-refractivity contribution in [3.8, 4) is 0 Å². The summed E-state index contributed by atoms with van der Waals surface area (Å²) in [5.74, 6) is 0.997. The van der Waals surface area contributed by atoms with E-state index < -0.39 is 6.17 Å². The first-order valence-corrected chi connectivity index (χ1v) is 6.71. The summed E-state index contributed by atoms with van der Waals surface area (Å²) in [5, 5.41) is 3.33. The smallest absolute Gasteiger partial charge is 0.103 e. The Kier molecular flexibility index (Phi) is 4.42. The molecule has 88 valence electrons. The highest BCUT2D eigenvalue weighted by Crippen LogP contribution is 2.31. The molecule has 1 aliphatic heterocycles. The van der Waals surface area contributed by atoms with Crippen molar-refractivity contribution in [3.63, 3.8) is 0 Å². The molecule has 15 heavy (non-hydrogen) atoms. The molecule has 1 saturated heterocycles. The van der Waals surface area contributed by atoms with Crippen molar-refractivity contribution < 1.29 is 4.39 Å². The predicted octanol–water partition coefficient (Wildman–Crippen LogP) is 3.29.